The second kappa shape index (κ2) is 17.4. The molecule has 3 aromatic rings. The number of benzene rings is 2. The first-order valence-electron chi connectivity index (χ1n) is 14.8. The Hall–Kier alpha value is -4.77. The molecule has 2 atom stereocenters. The summed E-state index contributed by atoms with van der Waals surface area (Å²) in [5.74, 6) is -2.98. The summed E-state index contributed by atoms with van der Waals surface area (Å²) in [6.45, 7) is 4.49. The third kappa shape index (κ3) is 9.41. The highest BCUT2D eigenvalue weighted by molar-refractivity contribution is 8.00. The van der Waals surface area contributed by atoms with E-state index in [1.165, 1.54) is 42.3 Å². The number of hydrogen-bond donors (Lipinski definition) is 4. The number of fused-ring (bicyclic) bond motifs is 1. The third-order valence-electron chi connectivity index (χ3n) is 7.09. The lowest BCUT2D eigenvalue weighted by molar-refractivity contribution is -0.150. The van der Waals surface area contributed by atoms with Gasteiger partial charge in [-0.15, -0.1) is 23.1 Å². The van der Waals surface area contributed by atoms with Crippen LogP contribution in [0.15, 0.2) is 82.5 Å². The standard InChI is InChI=1S/C16H17N5O7S2.C16H20N2/c1-6(22)28-3-7-4-29-14-10(13(24)21(14)11(7)15(25)26)19-12(23)9(20-27-2)8-5-30-16(17)18-8;17-11-12-18(13-15-7-3-1-4-8-15)14-16-9-5-2-6-10-16/h5,10,14H,3-4H2,1-2H3,(H2,17,18)(H,19,23)(H,25,26);1-10H,11-14,17H2/b20-9-;/t10-,14-;/m0./s1. The number of nitrogens with zero attached hydrogens (tertiary/aromatic N) is 4. The van der Waals surface area contributed by atoms with Crippen LogP contribution in [-0.2, 0) is 41.8 Å². The average Bonchev–Trinajstić information content (AvgIpc) is 3.51. The number of nitrogens with two attached hydrogens (primary N) is 2. The van der Waals surface area contributed by atoms with Gasteiger partial charge in [-0.2, -0.15) is 0 Å². The molecule has 0 radical (unpaired) electrons. The molecule has 0 aliphatic carbocycles. The van der Waals surface area contributed by atoms with Crippen molar-refractivity contribution in [3.05, 3.63) is 94.1 Å². The average molecular weight is 696 g/mol. The molecular formula is C32H37N7O7S2. The van der Waals surface area contributed by atoms with Gasteiger partial charge in [0.1, 0.15) is 36.5 Å². The Bertz CT molecular complexity index is 1610. The number of thioether (sulfide) groups is 1. The Labute approximate surface area is 285 Å². The highest BCUT2D eigenvalue weighted by Crippen LogP contribution is 2.40. The number of anilines is 1. The van der Waals surface area contributed by atoms with Crippen LogP contribution in [0.3, 0.4) is 0 Å². The molecule has 5 rings (SSSR count). The number of carbonyl (C=O) groups excluding carboxylic acids is 3. The number of aromatic nitrogens is 1. The molecule has 2 amide bonds. The molecule has 0 bridgehead atoms. The molecule has 2 aromatic carbocycles. The van der Waals surface area contributed by atoms with Crippen molar-refractivity contribution in [2.45, 2.75) is 31.4 Å². The van der Waals surface area contributed by atoms with Crippen molar-refractivity contribution in [1.82, 2.24) is 20.1 Å². The fourth-order valence-electron chi connectivity index (χ4n) is 4.96. The minimum Gasteiger partial charge on any atom is -0.477 e. The van der Waals surface area contributed by atoms with Crippen LogP contribution >= 0.6 is 23.1 Å². The van der Waals surface area contributed by atoms with Gasteiger partial charge >= 0.3 is 11.9 Å². The summed E-state index contributed by atoms with van der Waals surface area (Å²) in [6.07, 6.45) is 0. The van der Waals surface area contributed by atoms with Crippen molar-refractivity contribution in [2.24, 2.45) is 10.9 Å². The molecule has 2 aliphatic rings. The molecule has 0 unspecified atom stereocenters. The number of thiazole rings is 1. The van der Waals surface area contributed by atoms with Crippen LogP contribution in [-0.4, -0.2) is 93.3 Å². The fourth-order valence-corrected chi connectivity index (χ4v) is 6.84. The van der Waals surface area contributed by atoms with E-state index in [0.717, 1.165) is 35.9 Å². The van der Waals surface area contributed by atoms with E-state index in [1.54, 1.807) is 0 Å². The van der Waals surface area contributed by atoms with E-state index in [-0.39, 0.29) is 34.6 Å². The van der Waals surface area contributed by atoms with Gasteiger partial charge in [0.15, 0.2) is 10.8 Å². The minimum atomic E-state index is -1.32. The lowest BCUT2D eigenvalue weighted by Crippen LogP contribution is -2.71. The monoisotopic (exact) mass is 695 g/mol. The summed E-state index contributed by atoms with van der Waals surface area (Å²) in [5, 5.41) is 16.9. The molecule has 6 N–H and O–H groups in total. The first-order valence-corrected chi connectivity index (χ1v) is 16.7. The largest absolute Gasteiger partial charge is 0.477 e. The number of carboxylic acids is 1. The number of rotatable bonds is 13. The number of carbonyl (C=O) groups is 4. The Kier molecular flexibility index (Phi) is 13.1. The molecule has 1 saturated heterocycles. The van der Waals surface area contributed by atoms with Gasteiger partial charge in [0.05, 0.1) is 0 Å². The quantitative estimate of drug-likeness (QED) is 0.0878. The molecule has 1 fully saturated rings. The van der Waals surface area contributed by atoms with Crippen molar-refractivity contribution >= 4 is 57.7 Å². The molecular weight excluding hydrogens is 659 g/mol. The predicted molar refractivity (Wildman–Crippen MR) is 182 cm³/mol. The van der Waals surface area contributed by atoms with Gasteiger partial charge < -0.3 is 31.5 Å². The molecule has 16 heteroatoms. The highest BCUT2D eigenvalue weighted by atomic mass is 32.2. The Morgan fingerprint density at radius 3 is 2.23 bits per heavy atom. The zero-order valence-corrected chi connectivity index (χ0v) is 28.0. The highest BCUT2D eigenvalue weighted by Gasteiger charge is 2.54. The minimum absolute atomic E-state index is 0.165. The normalized spacial score (nSPS) is 17.1. The van der Waals surface area contributed by atoms with Crippen LogP contribution in [0.5, 0.6) is 0 Å². The zero-order chi connectivity index (χ0) is 34.6. The molecule has 1 aromatic heterocycles. The van der Waals surface area contributed by atoms with Gasteiger partial charge in [-0.05, 0) is 11.1 Å². The second-order valence-corrected chi connectivity index (χ2v) is 12.6. The molecule has 0 saturated carbocycles. The molecule has 14 nitrogen and oxygen atoms in total. The van der Waals surface area contributed by atoms with E-state index in [2.05, 4.69) is 73.7 Å². The molecule has 48 heavy (non-hydrogen) atoms. The maximum atomic E-state index is 12.7. The lowest BCUT2D eigenvalue weighted by atomic mass is 10.0. The van der Waals surface area contributed by atoms with Gasteiger partial charge in [0.25, 0.3) is 11.8 Å². The number of amides is 2. The van der Waals surface area contributed by atoms with Crippen molar-refractivity contribution < 1.29 is 33.9 Å². The second-order valence-electron chi connectivity index (χ2n) is 10.6. The number of nitrogen functional groups attached to an aromatic ring is 1. The molecule has 2 aliphatic heterocycles. The molecule has 0 spiro atoms. The van der Waals surface area contributed by atoms with E-state index in [0.29, 0.717) is 12.1 Å². The number of ether oxygens (including phenoxy) is 1. The third-order valence-corrected chi connectivity index (χ3v) is 9.11. The van der Waals surface area contributed by atoms with Gasteiger partial charge in [0, 0.05) is 49.8 Å². The van der Waals surface area contributed by atoms with Crippen molar-refractivity contribution in [1.29, 1.82) is 0 Å². The smallest absolute Gasteiger partial charge is 0.352 e. The first-order chi connectivity index (χ1) is 23.1. The number of aliphatic carboxylic acids is 1. The summed E-state index contributed by atoms with van der Waals surface area (Å²) in [7, 11) is 1.25. The van der Waals surface area contributed by atoms with Gasteiger partial charge in [-0.1, -0.05) is 65.8 Å². The summed E-state index contributed by atoms with van der Waals surface area (Å²) in [5.41, 5.74) is 14.0. The van der Waals surface area contributed by atoms with Crippen LogP contribution in [0.2, 0.25) is 0 Å². The number of carboxylic acid groups (broad SMARTS) is 1. The topological polar surface area (TPSA) is 203 Å². The summed E-state index contributed by atoms with van der Waals surface area (Å²) in [4.78, 5) is 60.2. The SMILES string of the molecule is CO/N=C(\C(=O)N[C@H]1C(=O)N2C(C(=O)O)=C(COC(C)=O)CS[C@@H]12)c1csc(N)n1.NCCN(Cc1ccccc1)Cc1ccccc1. The molecule has 254 valence electrons. The van der Waals surface area contributed by atoms with Crippen LogP contribution in [0.25, 0.3) is 0 Å². The number of hydrogen-bond acceptors (Lipinski definition) is 13. The van der Waals surface area contributed by atoms with Crippen LogP contribution in [0, 0.1) is 0 Å². The van der Waals surface area contributed by atoms with Crippen molar-refractivity contribution in [2.75, 3.05) is 38.3 Å². The maximum absolute atomic E-state index is 12.7. The van der Waals surface area contributed by atoms with Crippen LogP contribution in [0.1, 0.15) is 23.7 Å². The van der Waals surface area contributed by atoms with E-state index in [9.17, 15) is 24.3 Å². The number of nitrogens with one attached hydrogen (secondary N) is 1. The van der Waals surface area contributed by atoms with Gasteiger partial charge in [-0.3, -0.25) is 24.2 Å². The van der Waals surface area contributed by atoms with E-state index < -0.39 is 35.2 Å². The summed E-state index contributed by atoms with van der Waals surface area (Å²) in [6, 6.07) is 20.1. The number of oxime groups is 1. The van der Waals surface area contributed by atoms with Crippen molar-refractivity contribution in [3.8, 4) is 0 Å². The Balaban J connectivity index is 0.000000246. The molecule has 3 heterocycles. The maximum Gasteiger partial charge on any atom is 0.352 e. The van der Waals surface area contributed by atoms with Crippen LogP contribution < -0.4 is 16.8 Å². The fraction of sp³-hybridized carbons (Fsp3) is 0.312. The summed E-state index contributed by atoms with van der Waals surface area (Å²) < 4.78 is 4.88. The van der Waals surface area contributed by atoms with E-state index >= 15 is 0 Å². The number of β-lactam (4-membered cyclic amide) rings is 1. The van der Waals surface area contributed by atoms with Crippen molar-refractivity contribution in [3.63, 3.8) is 0 Å². The first kappa shape index (κ1) is 36.1. The lowest BCUT2D eigenvalue weighted by Gasteiger charge is -2.49. The zero-order valence-electron chi connectivity index (χ0n) is 26.4. The Morgan fingerprint density at radius 1 is 1.10 bits per heavy atom. The van der Waals surface area contributed by atoms with E-state index in [4.69, 9.17) is 16.2 Å². The van der Waals surface area contributed by atoms with Crippen LogP contribution in [0.4, 0.5) is 5.13 Å². The predicted octanol–water partition coefficient (Wildman–Crippen LogP) is 2.03. The Morgan fingerprint density at radius 2 is 1.73 bits per heavy atom. The number of esters is 1. The summed E-state index contributed by atoms with van der Waals surface area (Å²) >= 11 is 2.35. The van der Waals surface area contributed by atoms with E-state index in [1.807, 2.05) is 12.1 Å². The van der Waals surface area contributed by atoms with Gasteiger partial charge in [-0.25, -0.2) is 9.78 Å². The van der Waals surface area contributed by atoms with Gasteiger partial charge in [0.2, 0.25) is 0 Å².